The van der Waals surface area contributed by atoms with Crippen LogP contribution in [0, 0.1) is 6.08 Å². The van der Waals surface area contributed by atoms with Gasteiger partial charge in [0.1, 0.15) is 0 Å². The van der Waals surface area contributed by atoms with Crippen LogP contribution in [0.3, 0.4) is 0 Å². The molecule has 0 aromatic carbocycles. The molecule has 71 valence electrons. The van der Waals surface area contributed by atoms with Crippen molar-refractivity contribution in [1.29, 1.82) is 0 Å². The third-order valence-corrected chi connectivity index (χ3v) is 2.02. The summed E-state index contributed by atoms with van der Waals surface area (Å²) in [6, 6.07) is 0. The molecule has 1 radical (unpaired) electrons. The van der Waals surface area contributed by atoms with Gasteiger partial charge in [0.25, 0.3) is 0 Å². The van der Waals surface area contributed by atoms with Crippen molar-refractivity contribution in [1.82, 2.24) is 0 Å². The Hall–Kier alpha value is -0.260. The van der Waals surface area contributed by atoms with E-state index >= 15 is 0 Å². The summed E-state index contributed by atoms with van der Waals surface area (Å²) in [4.78, 5) is 0. The van der Waals surface area contributed by atoms with Gasteiger partial charge in [0.15, 0.2) is 0 Å². The summed E-state index contributed by atoms with van der Waals surface area (Å²) < 4.78 is 0. The van der Waals surface area contributed by atoms with Gasteiger partial charge < -0.3 is 0 Å². The van der Waals surface area contributed by atoms with E-state index in [1.165, 1.54) is 51.4 Å². The third-order valence-electron chi connectivity index (χ3n) is 2.02. The second-order valence-electron chi connectivity index (χ2n) is 3.36. The maximum absolute atomic E-state index is 3.35. The highest BCUT2D eigenvalue weighted by atomic mass is 13.9. The van der Waals surface area contributed by atoms with E-state index in [4.69, 9.17) is 0 Å². The van der Waals surface area contributed by atoms with E-state index in [1.54, 1.807) is 0 Å². The van der Waals surface area contributed by atoms with Gasteiger partial charge in [-0.3, -0.25) is 0 Å². The lowest BCUT2D eigenvalue weighted by Crippen LogP contribution is -1.74. The average Bonchev–Trinajstić information content (AvgIpc) is 2.10. The zero-order valence-electron chi connectivity index (χ0n) is 8.73. The SMILES string of the molecule is CCCCC=[C]CCCCCC. The van der Waals surface area contributed by atoms with E-state index in [9.17, 15) is 0 Å². The smallest absolute Gasteiger partial charge is 0.0279 e. The van der Waals surface area contributed by atoms with Gasteiger partial charge in [-0.25, -0.2) is 0 Å². The Kier molecular flexibility index (Phi) is 10.5. The Balaban J connectivity index is 2.92. The lowest BCUT2D eigenvalue weighted by atomic mass is 10.1. The molecule has 0 N–H and O–H groups in total. The number of allylic oxidation sites excluding steroid dienone is 2. The quantitative estimate of drug-likeness (QED) is 0.467. The number of rotatable bonds is 8. The second kappa shape index (κ2) is 10.7. The van der Waals surface area contributed by atoms with E-state index in [0.717, 1.165) is 0 Å². The molecule has 0 bridgehead atoms. The van der Waals surface area contributed by atoms with Crippen molar-refractivity contribution < 1.29 is 0 Å². The van der Waals surface area contributed by atoms with Crippen LogP contribution in [0.2, 0.25) is 0 Å². The van der Waals surface area contributed by atoms with Gasteiger partial charge in [0, 0.05) is 0 Å². The Morgan fingerprint density at radius 2 is 1.67 bits per heavy atom. The predicted octanol–water partition coefficient (Wildman–Crippen LogP) is 4.51. The first-order valence-electron chi connectivity index (χ1n) is 5.46. The predicted molar refractivity (Wildman–Crippen MR) is 56.1 cm³/mol. The first kappa shape index (κ1) is 11.7. The fourth-order valence-electron chi connectivity index (χ4n) is 1.16. The normalized spacial score (nSPS) is 11.2. The molecule has 0 spiro atoms. The van der Waals surface area contributed by atoms with E-state index in [-0.39, 0.29) is 0 Å². The third kappa shape index (κ3) is 9.74. The molecule has 0 aromatic rings. The second-order valence-corrected chi connectivity index (χ2v) is 3.36. The molecule has 0 nitrogen and oxygen atoms in total. The van der Waals surface area contributed by atoms with E-state index in [0.29, 0.717) is 0 Å². The van der Waals surface area contributed by atoms with Crippen LogP contribution < -0.4 is 0 Å². The number of unbranched alkanes of at least 4 members (excludes halogenated alkanes) is 6. The summed E-state index contributed by atoms with van der Waals surface area (Å²) in [5.41, 5.74) is 0. The minimum absolute atomic E-state index is 1.17. The van der Waals surface area contributed by atoms with Crippen LogP contribution in [0.1, 0.15) is 65.2 Å². The van der Waals surface area contributed by atoms with Gasteiger partial charge in [-0.15, -0.1) is 0 Å². The van der Waals surface area contributed by atoms with Gasteiger partial charge in [-0.05, 0) is 25.3 Å². The number of hydrogen-bond acceptors (Lipinski definition) is 0. The van der Waals surface area contributed by atoms with E-state index < -0.39 is 0 Å². The highest BCUT2D eigenvalue weighted by Gasteiger charge is 1.84. The zero-order chi connectivity index (χ0) is 9.07. The first-order valence-corrected chi connectivity index (χ1v) is 5.46. The van der Waals surface area contributed by atoms with Crippen LogP contribution in [0.4, 0.5) is 0 Å². The molecule has 0 heteroatoms. The molecule has 0 rings (SSSR count). The lowest BCUT2D eigenvalue weighted by molar-refractivity contribution is 0.668. The number of hydrogen-bond donors (Lipinski definition) is 0. The standard InChI is InChI=1S/C12H23/c1-3-5-7-9-11-12-10-8-6-4-2/h9H,3-8,10,12H2,1-2H3. The fourth-order valence-corrected chi connectivity index (χ4v) is 1.16. The summed E-state index contributed by atoms with van der Waals surface area (Å²) in [5, 5.41) is 0. The summed E-state index contributed by atoms with van der Waals surface area (Å²) in [6.07, 6.45) is 16.0. The molecule has 0 atom stereocenters. The molecule has 0 aliphatic carbocycles. The van der Waals surface area contributed by atoms with E-state index in [1.807, 2.05) is 0 Å². The zero-order valence-corrected chi connectivity index (χ0v) is 8.73. The van der Waals surface area contributed by atoms with Crippen LogP contribution in [0.5, 0.6) is 0 Å². The van der Waals surface area contributed by atoms with Crippen molar-refractivity contribution in [2.45, 2.75) is 65.2 Å². The molecule has 0 aliphatic rings. The van der Waals surface area contributed by atoms with Crippen LogP contribution in [0.15, 0.2) is 6.08 Å². The topological polar surface area (TPSA) is 0 Å². The first-order chi connectivity index (χ1) is 5.91. The van der Waals surface area contributed by atoms with Gasteiger partial charge in [-0.2, -0.15) is 0 Å². The van der Waals surface area contributed by atoms with Crippen molar-refractivity contribution in [2.24, 2.45) is 0 Å². The van der Waals surface area contributed by atoms with Crippen LogP contribution in [-0.2, 0) is 0 Å². The molecule has 0 aromatic heterocycles. The van der Waals surface area contributed by atoms with Crippen molar-refractivity contribution in [3.8, 4) is 0 Å². The lowest BCUT2D eigenvalue weighted by Gasteiger charge is -1.93. The van der Waals surface area contributed by atoms with Crippen LogP contribution in [-0.4, -0.2) is 0 Å². The Bertz CT molecular complexity index is 92.2. The minimum atomic E-state index is 1.17. The Morgan fingerprint density at radius 3 is 2.33 bits per heavy atom. The van der Waals surface area contributed by atoms with Crippen LogP contribution in [0.25, 0.3) is 0 Å². The van der Waals surface area contributed by atoms with E-state index in [2.05, 4.69) is 26.0 Å². The van der Waals surface area contributed by atoms with Crippen molar-refractivity contribution in [3.05, 3.63) is 12.2 Å². The Morgan fingerprint density at radius 1 is 0.917 bits per heavy atom. The summed E-state index contributed by atoms with van der Waals surface area (Å²) in [5.74, 6) is 0. The Labute approximate surface area is 78.1 Å². The van der Waals surface area contributed by atoms with Crippen molar-refractivity contribution >= 4 is 0 Å². The van der Waals surface area contributed by atoms with Gasteiger partial charge in [0.05, 0.1) is 0 Å². The van der Waals surface area contributed by atoms with Gasteiger partial charge >= 0.3 is 0 Å². The van der Waals surface area contributed by atoms with Crippen molar-refractivity contribution in [2.75, 3.05) is 0 Å². The maximum Gasteiger partial charge on any atom is -0.0279 e. The molecule has 0 saturated carbocycles. The monoisotopic (exact) mass is 167 g/mol. The molecule has 0 unspecified atom stereocenters. The molecular weight excluding hydrogens is 144 g/mol. The summed E-state index contributed by atoms with van der Waals surface area (Å²) >= 11 is 0. The van der Waals surface area contributed by atoms with Crippen LogP contribution >= 0.6 is 0 Å². The summed E-state index contributed by atoms with van der Waals surface area (Å²) in [6.45, 7) is 4.48. The van der Waals surface area contributed by atoms with Crippen molar-refractivity contribution in [3.63, 3.8) is 0 Å². The fraction of sp³-hybridized carbons (Fsp3) is 0.833. The maximum atomic E-state index is 3.35. The molecular formula is C12H23. The largest absolute Gasteiger partial charge is 0.0811 e. The molecule has 0 saturated heterocycles. The summed E-state index contributed by atoms with van der Waals surface area (Å²) in [7, 11) is 0. The molecule has 12 heavy (non-hydrogen) atoms. The highest BCUT2D eigenvalue weighted by Crippen LogP contribution is 2.03. The van der Waals surface area contributed by atoms with Gasteiger partial charge in [-0.1, -0.05) is 52.0 Å². The molecule has 0 amide bonds. The average molecular weight is 167 g/mol. The molecule has 0 fully saturated rings. The highest BCUT2D eigenvalue weighted by molar-refractivity contribution is 4.73. The molecule has 0 aliphatic heterocycles. The van der Waals surface area contributed by atoms with Gasteiger partial charge in [0.2, 0.25) is 0 Å². The minimum Gasteiger partial charge on any atom is -0.0811 e. The molecule has 0 heterocycles.